The van der Waals surface area contributed by atoms with Gasteiger partial charge in [-0.15, -0.1) is 0 Å². The molecule has 0 unspecified atom stereocenters. The van der Waals surface area contributed by atoms with E-state index < -0.39 is 0 Å². The Morgan fingerprint density at radius 1 is 1.19 bits per heavy atom. The molecule has 5 nitrogen and oxygen atoms in total. The normalized spacial score (nSPS) is 10.4. The Bertz CT molecular complexity index is 652. The molecule has 3 N–H and O–H groups in total. The molecule has 0 saturated carbocycles. The van der Waals surface area contributed by atoms with Gasteiger partial charge in [0.1, 0.15) is 5.82 Å². The zero-order valence-electron chi connectivity index (χ0n) is 12.3. The van der Waals surface area contributed by atoms with Gasteiger partial charge >= 0.3 is 0 Å². The van der Waals surface area contributed by atoms with Gasteiger partial charge in [-0.3, -0.25) is 4.79 Å². The number of rotatable bonds is 4. The van der Waals surface area contributed by atoms with Gasteiger partial charge in [-0.2, -0.15) is 0 Å². The van der Waals surface area contributed by atoms with Crippen molar-refractivity contribution in [1.29, 1.82) is 0 Å². The Balaban J connectivity index is 1.94. The molecule has 1 heterocycles. The van der Waals surface area contributed by atoms with Gasteiger partial charge in [-0.05, 0) is 44.0 Å². The fourth-order valence-corrected chi connectivity index (χ4v) is 2.49. The summed E-state index contributed by atoms with van der Waals surface area (Å²) >= 11 is 1.27. The second kappa shape index (κ2) is 6.58. The SMILES string of the molecule is Cc1cc(N)nc(SCC(=O)Nc2ccc(C)c(C)c2)n1. The van der Waals surface area contributed by atoms with E-state index in [1.165, 1.54) is 17.3 Å². The largest absolute Gasteiger partial charge is 0.384 e. The standard InChI is InChI=1S/C15H18N4OS/c1-9-4-5-12(6-10(9)2)18-14(20)8-21-15-17-11(3)7-13(16)19-15/h4-7H,8H2,1-3H3,(H,18,20)(H2,16,17,19). The predicted octanol–water partition coefficient (Wildman–Crippen LogP) is 2.71. The number of carbonyl (C=O) groups excluding carboxylic acids is 1. The number of nitrogens with one attached hydrogen (secondary N) is 1. The number of hydrogen-bond donors (Lipinski definition) is 2. The number of amides is 1. The molecule has 0 aliphatic rings. The second-order valence-corrected chi connectivity index (χ2v) is 5.80. The molecule has 0 atom stereocenters. The zero-order chi connectivity index (χ0) is 15.4. The molecular formula is C15H18N4OS. The maximum atomic E-state index is 11.9. The molecule has 110 valence electrons. The van der Waals surface area contributed by atoms with E-state index in [9.17, 15) is 4.79 Å². The number of carbonyl (C=O) groups is 1. The third-order valence-electron chi connectivity index (χ3n) is 2.98. The van der Waals surface area contributed by atoms with Crippen LogP contribution in [-0.2, 0) is 4.79 Å². The highest BCUT2D eigenvalue weighted by atomic mass is 32.2. The number of thioether (sulfide) groups is 1. The van der Waals surface area contributed by atoms with Crippen LogP contribution in [-0.4, -0.2) is 21.6 Å². The summed E-state index contributed by atoms with van der Waals surface area (Å²) in [6.07, 6.45) is 0. The van der Waals surface area contributed by atoms with E-state index in [2.05, 4.69) is 15.3 Å². The number of hydrogen-bond acceptors (Lipinski definition) is 5. The number of nitrogens with two attached hydrogens (primary N) is 1. The molecule has 21 heavy (non-hydrogen) atoms. The number of benzene rings is 1. The van der Waals surface area contributed by atoms with Gasteiger partial charge in [-0.1, -0.05) is 17.8 Å². The summed E-state index contributed by atoms with van der Waals surface area (Å²) in [7, 11) is 0. The molecule has 1 aromatic carbocycles. The van der Waals surface area contributed by atoms with Gasteiger partial charge in [0.2, 0.25) is 5.91 Å². The van der Waals surface area contributed by atoms with Crippen LogP contribution in [0.2, 0.25) is 0 Å². The highest BCUT2D eigenvalue weighted by molar-refractivity contribution is 7.99. The molecule has 0 saturated heterocycles. The molecule has 0 spiro atoms. The molecule has 2 rings (SSSR count). The Hall–Kier alpha value is -2.08. The first-order valence-electron chi connectivity index (χ1n) is 6.55. The summed E-state index contributed by atoms with van der Waals surface area (Å²) in [5.74, 6) is 0.571. The fraction of sp³-hybridized carbons (Fsp3) is 0.267. The van der Waals surface area contributed by atoms with Gasteiger partial charge in [0, 0.05) is 17.4 Å². The molecule has 6 heteroatoms. The molecule has 0 fully saturated rings. The lowest BCUT2D eigenvalue weighted by molar-refractivity contribution is -0.113. The van der Waals surface area contributed by atoms with Crippen LogP contribution in [0.15, 0.2) is 29.4 Å². The number of aryl methyl sites for hydroxylation is 3. The highest BCUT2D eigenvalue weighted by Gasteiger charge is 2.07. The minimum absolute atomic E-state index is 0.0908. The van der Waals surface area contributed by atoms with Crippen LogP contribution < -0.4 is 11.1 Å². The summed E-state index contributed by atoms with van der Waals surface area (Å²) in [4.78, 5) is 20.3. The molecule has 0 bridgehead atoms. The first-order valence-corrected chi connectivity index (χ1v) is 7.53. The Morgan fingerprint density at radius 2 is 1.95 bits per heavy atom. The molecule has 0 aliphatic carbocycles. The summed E-state index contributed by atoms with van der Waals surface area (Å²) in [6.45, 7) is 5.90. The monoisotopic (exact) mass is 302 g/mol. The van der Waals surface area contributed by atoms with E-state index in [0.717, 1.165) is 16.9 Å². The van der Waals surface area contributed by atoms with E-state index in [1.54, 1.807) is 6.07 Å². The van der Waals surface area contributed by atoms with Crippen LogP contribution in [0.3, 0.4) is 0 Å². The average molecular weight is 302 g/mol. The molecule has 1 amide bonds. The average Bonchev–Trinajstić information content (AvgIpc) is 2.40. The van der Waals surface area contributed by atoms with Crippen molar-refractivity contribution in [3.05, 3.63) is 41.1 Å². The van der Waals surface area contributed by atoms with Gasteiger partial charge < -0.3 is 11.1 Å². The molecule has 1 aromatic heterocycles. The number of aromatic nitrogens is 2. The van der Waals surface area contributed by atoms with E-state index >= 15 is 0 Å². The van der Waals surface area contributed by atoms with E-state index in [-0.39, 0.29) is 11.7 Å². The summed E-state index contributed by atoms with van der Waals surface area (Å²) < 4.78 is 0. The smallest absolute Gasteiger partial charge is 0.234 e. The van der Waals surface area contributed by atoms with Crippen molar-refractivity contribution in [3.63, 3.8) is 0 Å². The van der Waals surface area contributed by atoms with Crippen LogP contribution >= 0.6 is 11.8 Å². The van der Waals surface area contributed by atoms with Crippen molar-refractivity contribution in [1.82, 2.24) is 9.97 Å². The fourth-order valence-electron chi connectivity index (χ4n) is 1.78. The summed E-state index contributed by atoms with van der Waals surface area (Å²) in [5, 5.41) is 3.38. The van der Waals surface area contributed by atoms with Gasteiger partial charge in [0.05, 0.1) is 5.75 Å². The van der Waals surface area contributed by atoms with E-state index in [1.807, 2.05) is 39.0 Å². The van der Waals surface area contributed by atoms with Crippen molar-refractivity contribution in [2.75, 3.05) is 16.8 Å². The first kappa shape index (κ1) is 15.3. The Kier molecular flexibility index (Phi) is 4.80. The van der Waals surface area contributed by atoms with Crippen LogP contribution in [0.1, 0.15) is 16.8 Å². The maximum absolute atomic E-state index is 11.9. The second-order valence-electron chi connectivity index (χ2n) is 4.85. The number of nitrogen functional groups attached to an aromatic ring is 1. The lowest BCUT2D eigenvalue weighted by Crippen LogP contribution is -2.14. The van der Waals surface area contributed by atoms with Crippen molar-refractivity contribution in [3.8, 4) is 0 Å². The third kappa shape index (κ3) is 4.46. The summed E-state index contributed by atoms with van der Waals surface area (Å²) in [6, 6.07) is 7.53. The third-order valence-corrected chi connectivity index (χ3v) is 3.82. The van der Waals surface area contributed by atoms with E-state index in [0.29, 0.717) is 11.0 Å². The molecular weight excluding hydrogens is 284 g/mol. The minimum atomic E-state index is -0.0908. The van der Waals surface area contributed by atoms with Crippen molar-refractivity contribution in [2.24, 2.45) is 0 Å². The van der Waals surface area contributed by atoms with Gasteiger partial charge in [0.25, 0.3) is 0 Å². The Morgan fingerprint density at radius 3 is 2.62 bits per heavy atom. The van der Waals surface area contributed by atoms with E-state index in [4.69, 9.17) is 5.73 Å². The van der Waals surface area contributed by atoms with Crippen LogP contribution in [0.25, 0.3) is 0 Å². The maximum Gasteiger partial charge on any atom is 0.234 e. The topological polar surface area (TPSA) is 80.9 Å². The first-order chi connectivity index (χ1) is 9.94. The Labute approximate surface area is 128 Å². The van der Waals surface area contributed by atoms with Crippen LogP contribution in [0, 0.1) is 20.8 Å². The molecule has 0 aliphatic heterocycles. The van der Waals surface area contributed by atoms with Gasteiger partial charge in [0.15, 0.2) is 5.16 Å². The van der Waals surface area contributed by atoms with Crippen molar-refractivity contribution < 1.29 is 4.79 Å². The van der Waals surface area contributed by atoms with Crippen molar-refractivity contribution >= 4 is 29.2 Å². The van der Waals surface area contributed by atoms with Crippen LogP contribution in [0.5, 0.6) is 0 Å². The lowest BCUT2D eigenvalue weighted by Gasteiger charge is -2.07. The predicted molar refractivity (Wildman–Crippen MR) is 86.5 cm³/mol. The molecule has 0 radical (unpaired) electrons. The summed E-state index contributed by atoms with van der Waals surface area (Å²) in [5.41, 5.74) is 9.59. The van der Waals surface area contributed by atoms with Crippen LogP contribution in [0.4, 0.5) is 11.5 Å². The number of anilines is 2. The number of nitrogens with zero attached hydrogens (tertiary/aromatic N) is 2. The van der Waals surface area contributed by atoms with Gasteiger partial charge in [-0.25, -0.2) is 9.97 Å². The minimum Gasteiger partial charge on any atom is -0.384 e. The highest BCUT2D eigenvalue weighted by Crippen LogP contribution is 2.17. The lowest BCUT2D eigenvalue weighted by atomic mass is 10.1. The zero-order valence-corrected chi connectivity index (χ0v) is 13.1. The van der Waals surface area contributed by atoms with Crippen molar-refractivity contribution in [2.45, 2.75) is 25.9 Å². The molecule has 2 aromatic rings. The quantitative estimate of drug-likeness (QED) is 0.670.